The second-order valence-corrected chi connectivity index (χ2v) is 32.0. The van der Waals surface area contributed by atoms with E-state index in [9.17, 15) is 0 Å². The maximum Gasteiger partial charge on any atom is 0.0561 e. The van der Waals surface area contributed by atoms with E-state index in [0.717, 1.165) is 96.9 Å². The highest BCUT2D eigenvalue weighted by atomic mass is 15.2. The molecule has 0 N–H and O–H groups in total. The van der Waals surface area contributed by atoms with Crippen molar-refractivity contribution in [2.45, 2.75) is 212 Å². The molecule has 0 aliphatic rings. The summed E-state index contributed by atoms with van der Waals surface area (Å²) in [4.78, 5) is 10.7. The maximum atomic E-state index is 2.68. The topological polar surface area (TPSA) is 13.0 Å². The van der Waals surface area contributed by atoms with Crippen LogP contribution in [0.25, 0.3) is 32.3 Å². The molecule has 0 aliphatic carbocycles. The third-order valence-electron chi connectivity index (χ3n) is 21.5. The van der Waals surface area contributed by atoms with Gasteiger partial charge in [-0.3, -0.25) is 0 Å². The van der Waals surface area contributed by atoms with E-state index in [1.165, 1.54) is 122 Å². The molecule has 0 spiro atoms. The van der Waals surface area contributed by atoms with Crippen LogP contribution in [0.4, 0.5) is 68.2 Å². The molecule has 0 amide bonds. The van der Waals surface area contributed by atoms with Crippen LogP contribution in [0, 0.1) is 0 Å². The molecule has 4 heteroatoms. The molecule has 0 saturated heterocycles. The standard InChI is InChI=1S/C96H110N4/c1-21-63-33-29-34-64(22-2)89(63)97(75-49-41-71(42-50-75)93(9,10)11)83-61-84(98(76-51-43-72(44-52-76)94(12,13)14)90-65(23-3)35-30-36-66(90)24-4)80-59-60-82-86(100(78-55-47-74(48-56-78)96(18,19)20)92-69(27-7)39-32-40-70(92)28-8)62-85(81-58-57-79(83)87(80)88(81)82)99(77-53-45-73(46-54-77)95(15,16)17)91-67(25-5)37-31-38-68(91)26-6/h29-62H,21-28H2,1-20H3. The third-order valence-corrected chi connectivity index (χ3v) is 21.5. The number of benzene rings is 12. The van der Waals surface area contributed by atoms with Gasteiger partial charge < -0.3 is 19.6 Å². The molecule has 0 radical (unpaired) electrons. The molecule has 0 saturated carbocycles. The van der Waals surface area contributed by atoms with Crippen molar-refractivity contribution in [1.29, 1.82) is 0 Å². The number of anilines is 12. The normalized spacial score (nSPS) is 12.3. The van der Waals surface area contributed by atoms with Crippen LogP contribution in [0.1, 0.15) is 205 Å². The van der Waals surface area contributed by atoms with E-state index < -0.39 is 0 Å². The van der Waals surface area contributed by atoms with Gasteiger partial charge in [0.1, 0.15) is 0 Å². The Kier molecular flexibility index (Phi) is 19.9. The Morgan fingerprint density at radius 3 is 0.510 bits per heavy atom. The quantitative estimate of drug-likeness (QED) is 0.0705. The van der Waals surface area contributed by atoms with Crippen molar-refractivity contribution in [2.75, 3.05) is 19.6 Å². The maximum absolute atomic E-state index is 2.68. The van der Waals surface area contributed by atoms with Gasteiger partial charge in [0.25, 0.3) is 0 Å². The average Bonchev–Trinajstić information content (AvgIpc) is 0.697. The summed E-state index contributed by atoms with van der Waals surface area (Å²) in [5, 5.41) is 7.27. The highest BCUT2D eigenvalue weighted by Crippen LogP contribution is 2.57. The van der Waals surface area contributed by atoms with Gasteiger partial charge in [-0.1, -0.05) is 284 Å². The van der Waals surface area contributed by atoms with Crippen LogP contribution in [0.2, 0.25) is 0 Å². The lowest BCUT2D eigenvalue weighted by Crippen LogP contribution is -2.20. The summed E-state index contributed by atoms with van der Waals surface area (Å²) in [5.41, 5.74) is 29.7. The summed E-state index contributed by atoms with van der Waals surface area (Å²) in [6, 6.07) is 81.7. The first-order valence-corrected chi connectivity index (χ1v) is 37.7. The highest BCUT2D eigenvalue weighted by Gasteiger charge is 2.34. The molecule has 0 unspecified atom stereocenters. The van der Waals surface area contributed by atoms with E-state index >= 15 is 0 Å². The molecule has 4 nitrogen and oxygen atoms in total. The molecule has 0 fully saturated rings. The summed E-state index contributed by atoms with van der Waals surface area (Å²) < 4.78 is 0. The Morgan fingerprint density at radius 2 is 0.370 bits per heavy atom. The van der Waals surface area contributed by atoms with Crippen molar-refractivity contribution in [3.05, 3.63) is 273 Å². The molecule has 12 aromatic rings. The number of para-hydroxylation sites is 4. The SMILES string of the molecule is CCc1cccc(CC)c1N(c1ccc(C(C)(C)C)cc1)c1cc(N(c2ccc(C(C)(C)C)cc2)c2c(CC)cccc2CC)c2ccc3c(N(c4ccc(C(C)(C)C)cc4)c4c(CC)cccc4CC)cc(N(c4ccc(C(C)(C)C)cc4)c4c(CC)cccc4CC)c4ccc1c2c43. The van der Waals surface area contributed by atoms with Crippen molar-refractivity contribution >= 4 is 101 Å². The van der Waals surface area contributed by atoms with Gasteiger partial charge in [0.15, 0.2) is 0 Å². The minimum absolute atomic E-state index is 0.0440. The number of rotatable bonds is 20. The smallest absolute Gasteiger partial charge is 0.0561 e. The predicted octanol–water partition coefficient (Wildman–Crippen LogP) is 28.2. The summed E-state index contributed by atoms with van der Waals surface area (Å²) in [6.07, 6.45) is 6.99. The van der Waals surface area contributed by atoms with Crippen molar-refractivity contribution in [2.24, 2.45) is 0 Å². The number of aryl methyl sites for hydroxylation is 8. The van der Waals surface area contributed by atoms with Crippen LogP contribution in [0.15, 0.2) is 206 Å². The van der Waals surface area contributed by atoms with E-state index in [-0.39, 0.29) is 21.7 Å². The monoisotopic (exact) mass is 1320 g/mol. The molecular weight excluding hydrogens is 1210 g/mol. The van der Waals surface area contributed by atoms with E-state index in [1.54, 1.807) is 0 Å². The Balaban J connectivity index is 1.37. The third kappa shape index (κ3) is 13.1. The summed E-state index contributed by atoms with van der Waals surface area (Å²) >= 11 is 0. The zero-order valence-electron chi connectivity index (χ0n) is 64.1. The van der Waals surface area contributed by atoms with Crippen molar-refractivity contribution in [1.82, 2.24) is 0 Å². The molecule has 100 heavy (non-hydrogen) atoms. The first kappa shape index (κ1) is 70.7. The fourth-order valence-corrected chi connectivity index (χ4v) is 15.7. The van der Waals surface area contributed by atoms with Crippen LogP contribution >= 0.6 is 0 Å². The average molecular weight is 1320 g/mol. The second-order valence-electron chi connectivity index (χ2n) is 32.0. The molecule has 0 bridgehead atoms. The van der Waals surface area contributed by atoms with Crippen molar-refractivity contribution in [3.63, 3.8) is 0 Å². The summed E-state index contributed by atoms with van der Waals surface area (Å²) in [6.45, 7) is 46.6. The summed E-state index contributed by atoms with van der Waals surface area (Å²) in [7, 11) is 0. The van der Waals surface area contributed by atoms with E-state index in [1.807, 2.05) is 0 Å². The lowest BCUT2D eigenvalue weighted by Gasteiger charge is -2.37. The molecule has 0 aromatic heterocycles. The Labute approximate surface area is 601 Å². The van der Waals surface area contributed by atoms with Gasteiger partial charge in [-0.25, -0.2) is 0 Å². The van der Waals surface area contributed by atoms with Gasteiger partial charge in [-0.05, 0) is 200 Å². The first-order chi connectivity index (χ1) is 47.8. The molecule has 0 heterocycles. The molecular formula is C96H110N4. The molecule has 514 valence electrons. The van der Waals surface area contributed by atoms with Gasteiger partial charge in [0.05, 0.1) is 45.5 Å². The largest absolute Gasteiger partial charge is 0.309 e. The van der Waals surface area contributed by atoms with Gasteiger partial charge in [-0.2, -0.15) is 0 Å². The summed E-state index contributed by atoms with van der Waals surface area (Å²) in [5.74, 6) is 0. The lowest BCUT2D eigenvalue weighted by molar-refractivity contribution is 0.590. The second kappa shape index (κ2) is 28.1. The molecule has 12 rings (SSSR count). The zero-order chi connectivity index (χ0) is 71.3. The van der Waals surface area contributed by atoms with Crippen LogP contribution < -0.4 is 19.6 Å². The van der Waals surface area contributed by atoms with Crippen LogP contribution in [-0.2, 0) is 73.0 Å². The Bertz CT molecular complexity index is 4180. The minimum atomic E-state index is -0.0440. The molecule has 0 atom stereocenters. The predicted molar refractivity (Wildman–Crippen MR) is 439 cm³/mol. The van der Waals surface area contributed by atoms with Gasteiger partial charge in [-0.15, -0.1) is 0 Å². The number of hydrogen-bond acceptors (Lipinski definition) is 4. The Morgan fingerprint density at radius 1 is 0.210 bits per heavy atom. The van der Waals surface area contributed by atoms with Crippen LogP contribution in [0.3, 0.4) is 0 Å². The fourth-order valence-electron chi connectivity index (χ4n) is 15.7. The van der Waals surface area contributed by atoms with E-state index in [0.29, 0.717) is 0 Å². The van der Waals surface area contributed by atoms with Crippen molar-refractivity contribution < 1.29 is 0 Å². The number of hydrogen-bond donors (Lipinski definition) is 0. The minimum Gasteiger partial charge on any atom is -0.309 e. The number of nitrogens with zero attached hydrogens (tertiary/aromatic N) is 4. The highest BCUT2D eigenvalue weighted by molar-refractivity contribution is 6.33. The van der Waals surface area contributed by atoms with E-state index in [4.69, 9.17) is 0 Å². The fraction of sp³-hybridized carbons (Fsp3) is 0.333. The van der Waals surface area contributed by atoms with Gasteiger partial charge in [0, 0.05) is 55.1 Å². The van der Waals surface area contributed by atoms with Gasteiger partial charge in [0.2, 0.25) is 0 Å². The van der Waals surface area contributed by atoms with Crippen LogP contribution in [-0.4, -0.2) is 0 Å². The van der Waals surface area contributed by atoms with Crippen molar-refractivity contribution in [3.8, 4) is 0 Å². The lowest BCUT2D eigenvalue weighted by atomic mass is 9.86. The molecule has 0 aliphatic heterocycles. The van der Waals surface area contributed by atoms with Crippen LogP contribution in [0.5, 0.6) is 0 Å². The van der Waals surface area contributed by atoms with E-state index in [2.05, 4.69) is 364 Å². The molecule has 12 aromatic carbocycles. The Hall–Kier alpha value is -9.12. The zero-order valence-corrected chi connectivity index (χ0v) is 64.1. The van der Waals surface area contributed by atoms with Gasteiger partial charge >= 0.3 is 0 Å². The first-order valence-electron chi connectivity index (χ1n) is 37.7.